The molecule has 3 unspecified atom stereocenters. The van der Waals surface area contributed by atoms with Crippen molar-refractivity contribution in [2.24, 2.45) is 4.99 Å². The molecule has 1 aliphatic rings. The van der Waals surface area contributed by atoms with Crippen molar-refractivity contribution in [3.8, 4) is 5.75 Å². The maximum atomic E-state index is 11.9. The Morgan fingerprint density at radius 3 is 2.18 bits per heavy atom. The number of carbonyl (C=O) groups is 3. The van der Waals surface area contributed by atoms with E-state index >= 15 is 0 Å². The molecule has 3 atom stereocenters. The Balaban J connectivity index is 2.57. The number of benzene rings is 1. The summed E-state index contributed by atoms with van der Waals surface area (Å²) in [6, 6.07) is 5.54. The minimum Gasteiger partial charge on any atom is -0.480 e. The molecule has 38 heavy (non-hydrogen) atoms. The normalized spacial score (nSPS) is 21.3. The molecule has 5 N–H and O–H groups in total. The first kappa shape index (κ1) is 31.2. The fourth-order valence-electron chi connectivity index (χ4n) is 4.30. The monoisotopic (exact) mass is 553 g/mol. The molecule has 0 saturated carbocycles. The number of carboxylic acids is 3. The lowest BCUT2D eigenvalue weighted by atomic mass is 10.0. The highest BCUT2D eigenvalue weighted by atomic mass is 32.1. The largest absolute Gasteiger partial charge is 0.480 e. The summed E-state index contributed by atoms with van der Waals surface area (Å²) >= 11 is 4.63. The van der Waals surface area contributed by atoms with Gasteiger partial charge < -0.3 is 30.5 Å². The van der Waals surface area contributed by atoms with Gasteiger partial charge in [0, 0.05) is 39.3 Å². The summed E-state index contributed by atoms with van der Waals surface area (Å²) in [5.74, 6) is -2.94. The molecular weight excluding hydrogens is 518 g/mol. The van der Waals surface area contributed by atoms with Gasteiger partial charge in [0.1, 0.15) is 5.75 Å². The van der Waals surface area contributed by atoms with E-state index in [9.17, 15) is 34.8 Å². The molecule has 0 aromatic heterocycles. The first-order chi connectivity index (χ1) is 18.1. The molecule has 1 aliphatic heterocycles. The van der Waals surface area contributed by atoms with Crippen LogP contribution in [0, 0.1) is 0 Å². The van der Waals surface area contributed by atoms with Crippen LogP contribution >= 0.6 is 12.2 Å². The molecule has 0 aliphatic carbocycles. The Morgan fingerprint density at radius 1 is 1.00 bits per heavy atom. The van der Waals surface area contributed by atoms with Crippen molar-refractivity contribution in [1.29, 1.82) is 0 Å². The summed E-state index contributed by atoms with van der Waals surface area (Å²) in [5, 5.41) is 45.3. The van der Waals surface area contributed by atoms with Gasteiger partial charge >= 0.3 is 17.9 Å². The number of nitrogens with one attached hydrogen (secondary N) is 1. The fourth-order valence-corrected chi connectivity index (χ4v) is 4.41. The van der Waals surface area contributed by atoms with E-state index in [1.54, 1.807) is 41.0 Å². The van der Waals surface area contributed by atoms with Crippen molar-refractivity contribution in [3.05, 3.63) is 24.3 Å². The highest BCUT2D eigenvalue weighted by Gasteiger charge is 2.40. The van der Waals surface area contributed by atoms with Crippen molar-refractivity contribution in [3.63, 3.8) is 0 Å². The lowest BCUT2D eigenvalue weighted by Crippen LogP contribution is -2.63. The molecule has 1 saturated heterocycles. The smallest absolute Gasteiger partial charge is 0.317 e. The number of aliphatic hydroxyl groups is 1. The second-order valence-corrected chi connectivity index (χ2v) is 9.00. The summed E-state index contributed by atoms with van der Waals surface area (Å²) < 4.78 is 6.29. The summed E-state index contributed by atoms with van der Waals surface area (Å²) in [4.78, 5) is 43.7. The summed E-state index contributed by atoms with van der Waals surface area (Å²) in [6.07, 6.45) is -1.90. The minimum atomic E-state index is -1.16. The van der Waals surface area contributed by atoms with Crippen molar-refractivity contribution >= 4 is 41.0 Å². The quantitative estimate of drug-likeness (QED) is 0.183. The van der Waals surface area contributed by atoms with Crippen LogP contribution < -0.4 is 10.1 Å². The molecule has 14 heteroatoms. The van der Waals surface area contributed by atoms with Crippen LogP contribution in [0.3, 0.4) is 0 Å². The first-order valence-corrected chi connectivity index (χ1v) is 12.6. The van der Waals surface area contributed by atoms with E-state index in [1.165, 1.54) is 4.90 Å². The highest BCUT2D eigenvalue weighted by Crippen LogP contribution is 2.24. The number of ether oxygens (including phenoxy) is 1. The SMILES string of the molecule is CCC(O)C1C(Oc2ccc(N=C=S)cc2)N(CC(=O)O)CCN(CC(=O)O)CCNCCN1CC(=O)O. The lowest BCUT2D eigenvalue weighted by Gasteiger charge is -2.43. The van der Waals surface area contributed by atoms with E-state index in [0.717, 1.165) is 0 Å². The summed E-state index contributed by atoms with van der Waals surface area (Å²) in [6.45, 7) is 2.33. The van der Waals surface area contributed by atoms with Gasteiger partial charge in [-0.05, 0) is 42.9 Å². The maximum Gasteiger partial charge on any atom is 0.317 e. The number of nitrogens with zero attached hydrogens (tertiary/aromatic N) is 4. The zero-order valence-corrected chi connectivity index (χ0v) is 22.0. The van der Waals surface area contributed by atoms with Gasteiger partial charge in [0.15, 0.2) is 6.23 Å². The number of hydrogen-bond donors (Lipinski definition) is 5. The van der Waals surface area contributed by atoms with E-state index in [2.05, 4.69) is 27.7 Å². The zero-order valence-electron chi connectivity index (χ0n) is 21.2. The average molecular weight is 554 g/mol. The van der Waals surface area contributed by atoms with Crippen molar-refractivity contribution < 1.29 is 39.5 Å². The van der Waals surface area contributed by atoms with Crippen LogP contribution in [0.2, 0.25) is 0 Å². The lowest BCUT2D eigenvalue weighted by molar-refractivity contribution is -0.150. The third-order valence-corrected chi connectivity index (χ3v) is 6.17. The van der Waals surface area contributed by atoms with Crippen LogP contribution in [-0.4, -0.2) is 135 Å². The second kappa shape index (κ2) is 16.1. The molecule has 2 rings (SSSR count). The number of isothiocyanates is 1. The van der Waals surface area contributed by atoms with E-state index < -0.39 is 49.4 Å². The van der Waals surface area contributed by atoms with E-state index in [1.807, 2.05) is 0 Å². The zero-order chi connectivity index (χ0) is 28.1. The standard InChI is InChI=1S/C24H35N5O8S/c1-2-19(30)23-24(37-18-5-3-17(4-6-18)26-16-38)29(15-22(35)36)12-11-27(13-20(31)32)9-7-25-8-10-28(23)14-21(33)34/h3-6,19,23-25,30H,2,7-15H2,1H3,(H,31,32)(H,33,34)(H,35,36). The predicted molar refractivity (Wildman–Crippen MR) is 141 cm³/mol. The average Bonchev–Trinajstić information content (AvgIpc) is 2.85. The maximum absolute atomic E-state index is 11.9. The van der Waals surface area contributed by atoms with Gasteiger partial charge in [0.25, 0.3) is 0 Å². The van der Waals surface area contributed by atoms with Gasteiger partial charge in [0.2, 0.25) is 0 Å². The van der Waals surface area contributed by atoms with Crippen LogP contribution in [0.25, 0.3) is 0 Å². The van der Waals surface area contributed by atoms with Crippen molar-refractivity contribution in [1.82, 2.24) is 20.0 Å². The fraction of sp³-hybridized carbons (Fsp3) is 0.583. The van der Waals surface area contributed by atoms with Crippen LogP contribution in [0.5, 0.6) is 5.75 Å². The summed E-state index contributed by atoms with van der Waals surface area (Å²) in [5.41, 5.74) is 0.529. The van der Waals surface area contributed by atoms with Crippen molar-refractivity contribution in [2.75, 3.05) is 58.9 Å². The van der Waals surface area contributed by atoms with Crippen LogP contribution in [-0.2, 0) is 14.4 Å². The number of rotatable bonds is 11. The molecule has 0 amide bonds. The third-order valence-electron chi connectivity index (χ3n) is 6.07. The first-order valence-electron chi connectivity index (χ1n) is 12.2. The molecule has 0 bridgehead atoms. The molecule has 0 spiro atoms. The number of hydrogen-bond acceptors (Lipinski definition) is 11. The van der Waals surface area contributed by atoms with Gasteiger partial charge in [0.05, 0.1) is 42.6 Å². The molecule has 1 aromatic carbocycles. The van der Waals surface area contributed by atoms with Gasteiger partial charge in [-0.3, -0.25) is 29.1 Å². The van der Waals surface area contributed by atoms with Gasteiger partial charge in [-0.15, -0.1) is 0 Å². The third kappa shape index (κ3) is 10.4. The number of aliphatic hydroxyl groups excluding tert-OH is 1. The Bertz CT molecular complexity index is 975. The number of aliphatic imine (C=N–C) groups is 1. The van der Waals surface area contributed by atoms with Crippen molar-refractivity contribution in [2.45, 2.75) is 31.7 Å². The molecule has 1 heterocycles. The molecule has 0 radical (unpaired) electrons. The second-order valence-electron chi connectivity index (χ2n) is 8.82. The van der Waals surface area contributed by atoms with Crippen LogP contribution in [0.1, 0.15) is 13.3 Å². The van der Waals surface area contributed by atoms with Gasteiger partial charge in [-0.1, -0.05) is 6.92 Å². The van der Waals surface area contributed by atoms with Crippen LogP contribution in [0.4, 0.5) is 5.69 Å². The number of thiocarbonyl (C=S) groups is 1. The molecule has 210 valence electrons. The Kier molecular flexibility index (Phi) is 13.2. The van der Waals surface area contributed by atoms with Gasteiger partial charge in [-0.2, -0.15) is 4.99 Å². The minimum absolute atomic E-state index is 0.0887. The molecule has 1 aromatic rings. The summed E-state index contributed by atoms with van der Waals surface area (Å²) in [7, 11) is 0. The van der Waals surface area contributed by atoms with E-state index in [-0.39, 0.29) is 32.6 Å². The van der Waals surface area contributed by atoms with E-state index in [4.69, 9.17) is 4.74 Å². The number of carboxylic acid groups (broad SMARTS) is 3. The number of aliphatic carboxylic acids is 3. The molecule has 1 fully saturated rings. The Hall–Kier alpha value is -2.97. The predicted octanol–water partition coefficient (Wildman–Crippen LogP) is 0.0283. The molecule has 13 nitrogen and oxygen atoms in total. The Labute approximate surface area is 226 Å². The highest BCUT2D eigenvalue weighted by molar-refractivity contribution is 7.78. The topological polar surface area (TPSA) is 175 Å². The molecular formula is C24H35N5O8S. The van der Waals surface area contributed by atoms with Crippen LogP contribution in [0.15, 0.2) is 29.3 Å². The Morgan fingerprint density at radius 2 is 1.61 bits per heavy atom. The van der Waals surface area contributed by atoms with Gasteiger partial charge in [-0.25, -0.2) is 0 Å². The van der Waals surface area contributed by atoms with E-state index in [0.29, 0.717) is 31.1 Å².